The van der Waals surface area contributed by atoms with Gasteiger partial charge in [0, 0.05) is 5.92 Å². The van der Waals surface area contributed by atoms with Crippen LogP contribution in [-0.2, 0) is 0 Å². The van der Waals surface area contributed by atoms with Crippen molar-refractivity contribution < 1.29 is 19.2 Å². The van der Waals surface area contributed by atoms with Crippen molar-refractivity contribution in [2.45, 2.75) is 19.3 Å². The number of quaternary nitrogens is 1. The number of ether oxygens (including phenoxy) is 2. The topological polar surface area (TPSA) is 43.2 Å². The fourth-order valence-corrected chi connectivity index (χ4v) is 3.90. The highest BCUT2D eigenvalue weighted by Gasteiger charge is 2.29. The van der Waals surface area contributed by atoms with Crippen LogP contribution in [-0.4, -0.2) is 57.8 Å². The monoisotopic (exact) mass is 345 g/mol. The molecule has 0 aromatic heterocycles. The fourth-order valence-electron chi connectivity index (χ4n) is 3.90. The van der Waals surface area contributed by atoms with Gasteiger partial charge >= 0.3 is 0 Å². The van der Waals surface area contributed by atoms with E-state index in [1.54, 1.807) is 19.1 Å². The summed E-state index contributed by atoms with van der Waals surface area (Å²) in [5.74, 6) is 1.96. The number of hydrogen-bond acceptors (Lipinski definition) is 3. The van der Waals surface area contributed by atoms with Gasteiger partial charge in [0.1, 0.15) is 17.1 Å². The number of piperazine rings is 1. The molecular weight excluding hydrogens is 316 g/mol. The number of carbonyl (C=O) groups excluding carboxylic acids is 1. The van der Waals surface area contributed by atoms with Crippen LogP contribution < -0.4 is 14.4 Å². The normalized spacial score (nSPS) is 21.2. The van der Waals surface area contributed by atoms with Gasteiger partial charge in [0.05, 0.1) is 46.9 Å². The van der Waals surface area contributed by atoms with E-state index >= 15 is 0 Å². The first kappa shape index (κ1) is 17.8. The molecular formula is C20H29N2O3+. The third-order valence-electron chi connectivity index (χ3n) is 5.35. The zero-order valence-electron chi connectivity index (χ0n) is 15.3. The maximum absolute atomic E-state index is 13.0. The highest BCUT2D eigenvalue weighted by Crippen LogP contribution is 2.29. The van der Waals surface area contributed by atoms with E-state index in [1.165, 1.54) is 25.8 Å². The smallest absolute Gasteiger partial charge is 0.261 e. The van der Waals surface area contributed by atoms with Crippen LogP contribution in [0.15, 0.2) is 30.4 Å². The van der Waals surface area contributed by atoms with Gasteiger partial charge in [-0.2, -0.15) is 0 Å². The standard InChI is InChI=1S/C20H28N2O3/c1-24-17-9-6-10-18(25-2)19(17)20(23)22-13-11-21(12-14-22)15-16-7-4-3-5-8-16/h3-4,6,9-10,16H,5,7-8,11-15H2,1-2H3/p+1. The minimum absolute atomic E-state index is 0.00829. The van der Waals surface area contributed by atoms with Crippen molar-refractivity contribution in [3.63, 3.8) is 0 Å². The maximum atomic E-state index is 13.0. The van der Waals surface area contributed by atoms with Crippen LogP contribution in [0.3, 0.4) is 0 Å². The molecule has 5 heteroatoms. The molecule has 1 atom stereocenters. The summed E-state index contributed by atoms with van der Waals surface area (Å²) in [6.07, 6.45) is 8.35. The van der Waals surface area contributed by atoms with Crippen molar-refractivity contribution >= 4 is 5.91 Å². The number of rotatable bonds is 5. The van der Waals surface area contributed by atoms with E-state index in [9.17, 15) is 4.79 Å². The van der Waals surface area contributed by atoms with E-state index in [2.05, 4.69) is 12.2 Å². The first-order chi connectivity index (χ1) is 12.2. The number of hydrogen-bond donors (Lipinski definition) is 1. The lowest BCUT2D eigenvalue weighted by atomic mass is 9.94. The molecule has 1 saturated heterocycles. The SMILES string of the molecule is COc1cccc(OC)c1C(=O)N1CC[NH+](CC2CC=CCC2)CC1. The Morgan fingerprint density at radius 2 is 1.84 bits per heavy atom. The summed E-state index contributed by atoms with van der Waals surface area (Å²) in [7, 11) is 3.18. The Hall–Kier alpha value is -2.01. The van der Waals surface area contributed by atoms with Crippen molar-refractivity contribution in [2.75, 3.05) is 46.9 Å². The van der Waals surface area contributed by atoms with Gasteiger partial charge in [-0.3, -0.25) is 4.79 Å². The van der Waals surface area contributed by atoms with Crippen LogP contribution >= 0.6 is 0 Å². The molecule has 0 spiro atoms. The number of nitrogens with zero attached hydrogens (tertiary/aromatic N) is 1. The molecule has 136 valence electrons. The van der Waals surface area contributed by atoms with Gasteiger partial charge in [-0.15, -0.1) is 0 Å². The van der Waals surface area contributed by atoms with Gasteiger partial charge in [0.15, 0.2) is 0 Å². The molecule has 1 heterocycles. The van der Waals surface area contributed by atoms with Crippen molar-refractivity contribution in [1.29, 1.82) is 0 Å². The summed E-state index contributed by atoms with van der Waals surface area (Å²) < 4.78 is 10.8. The Kier molecular flexibility index (Phi) is 5.97. The molecule has 1 amide bonds. The molecule has 1 aliphatic heterocycles. The second kappa shape index (κ2) is 8.39. The number of carbonyl (C=O) groups is 1. The van der Waals surface area contributed by atoms with E-state index in [4.69, 9.17) is 9.47 Å². The molecule has 1 fully saturated rings. The minimum atomic E-state index is 0.00829. The molecule has 5 nitrogen and oxygen atoms in total. The molecule has 1 N–H and O–H groups in total. The fraction of sp³-hybridized carbons (Fsp3) is 0.550. The minimum Gasteiger partial charge on any atom is -0.496 e. The second-order valence-corrected chi connectivity index (χ2v) is 6.93. The highest BCUT2D eigenvalue weighted by atomic mass is 16.5. The third kappa shape index (κ3) is 4.15. The van der Waals surface area contributed by atoms with Crippen LogP contribution in [0, 0.1) is 5.92 Å². The number of methoxy groups -OCH3 is 2. The Morgan fingerprint density at radius 3 is 2.40 bits per heavy atom. The summed E-state index contributed by atoms with van der Waals surface area (Å²) in [6, 6.07) is 5.47. The molecule has 1 unspecified atom stereocenters. The van der Waals surface area contributed by atoms with E-state index in [-0.39, 0.29) is 5.91 Å². The summed E-state index contributed by atoms with van der Waals surface area (Å²) >= 11 is 0. The number of benzene rings is 1. The summed E-state index contributed by atoms with van der Waals surface area (Å²) in [5.41, 5.74) is 0.536. The van der Waals surface area contributed by atoms with Crippen molar-refractivity contribution in [2.24, 2.45) is 5.92 Å². The molecule has 1 aromatic carbocycles. The number of allylic oxidation sites excluding steroid dienone is 2. The zero-order chi connectivity index (χ0) is 17.6. The average molecular weight is 345 g/mol. The Bertz CT molecular complexity index is 599. The van der Waals surface area contributed by atoms with Crippen LogP contribution in [0.25, 0.3) is 0 Å². The maximum Gasteiger partial charge on any atom is 0.261 e. The first-order valence-electron chi connectivity index (χ1n) is 9.21. The van der Waals surface area contributed by atoms with Crippen LogP contribution in [0.2, 0.25) is 0 Å². The van der Waals surface area contributed by atoms with Crippen LogP contribution in [0.5, 0.6) is 11.5 Å². The van der Waals surface area contributed by atoms with Gasteiger partial charge in [-0.1, -0.05) is 18.2 Å². The summed E-state index contributed by atoms with van der Waals surface area (Å²) in [6.45, 7) is 4.84. The molecule has 0 radical (unpaired) electrons. The van der Waals surface area contributed by atoms with Gasteiger partial charge in [0.2, 0.25) is 0 Å². The zero-order valence-corrected chi connectivity index (χ0v) is 15.3. The van der Waals surface area contributed by atoms with Gasteiger partial charge < -0.3 is 19.3 Å². The molecule has 25 heavy (non-hydrogen) atoms. The van der Waals surface area contributed by atoms with E-state index in [0.29, 0.717) is 17.1 Å². The van der Waals surface area contributed by atoms with Crippen molar-refractivity contribution in [1.82, 2.24) is 4.90 Å². The van der Waals surface area contributed by atoms with Gasteiger partial charge in [-0.05, 0) is 31.4 Å². The van der Waals surface area contributed by atoms with Crippen molar-refractivity contribution in [3.8, 4) is 11.5 Å². The largest absolute Gasteiger partial charge is 0.496 e. The highest BCUT2D eigenvalue weighted by molar-refractivity contribution is 5.99. The van der Waals surface area contributed by atoms with E-state index in [1.807, 2.05) is 23.1 Å². The summed E-state index contributed by atoms with van der Waals surface area (Å²) in [5, 5.41) is 0. The molecule has 2 aliphatic rings. The molecule has 0 saturated carbocycles. The molecule has 1 aliphatic carbocycles. The molecule has 0 bridgehead atoms. The molecule has 3 rings (SSSR count). The average Bonchev–Trinajstić information content (AvgIpc) is 2.68. The number of nitrogens with one attached hydrogen (secondary N) is 1. The predicted octanol–water partition coefficient (Wildman–Crippen LogP) is 1.40. The summed E-state index contributed by atoms with van der Waals surface area (Å²) in [4.78, 5) is 16.6. The molecule has 1 aromatic rings. The Labute approximate surface area is 150 Å². The van der Waals surface area contributed by atoms with Crippen molar-refractivity contribution in [3.05, 3.63) is 35.9 Å². The van der Waals surface area contributed by atoms with Gasteiger partial charge in [0.25, 0.3) is 5.91 Å². The van der Waals surface area contributed by atoms with E-state index in [0.717, 1.165) is 32.1 Å². The first-order valence-corrected chi connectivity index (χ1v) is 9.21. The lowest BCUT2D eigenvalue weighted by Crippen LogP contribution is -3.15. The third-order valence-corrected chi connectivity index (χ3v) is 5.35. The van der Waals surface area contributed by atoms with Crippen LogP contribution in [0.4, 0.5) is 0 Å². The van der Waals surface area contributed by atoms with Crippen LogP contribution in [0.1, 0.15) is 29.6 Å². The lowest BCUT2D eigenvalue weighted by molar-refractivity contribution is -0.907. The quantitative estimate of drug-likeness (QED) is 0.821. The number of amides is 1. The van der Waals surface area contributed by atoms with Gasteiger partial charge in [-0.25, -0.2) is 0 Å². The lowest BCUT2D eigenvalue weighted by Gasteiger charge is -2.34. The second-order valence-electron chi connectivity index (χ2n) is 6.93. The predicted molar refractivity (Wildman–Crippen MR) is 97.5 cm³/mol. The van der Waals surface area contributed by atoms with E-state index < -0.39 is 0 Å². The Morgan fingerprint density at radius 1 is 1.16 bits per heavy atom. The Balaban J connectivity index is 1.61.